The molecule has 0 bridgehead atoms. The first-order chi connectivity index (χ1) is 7.85. The van der Waals surface area contributed by atoms with Crippen LogP contribution in [0, 0.1) is 0 Å². The van der Waals surface area contributed by atoms with Gasteiger partial charge in [0, 0.05) is 16.4 Å². The highest BCUT2D eigenvalue weighted by Crippen LogP contribution is 2.32. The Morgan fingerprint density at radius 3 is 3.00 bits per heavy atom. The Hall–Kier alpha value is -0.420. The average Bonchev–Trinajstić information content (AvgIpc) is 2.73. The third-order valence-corrected chi connectivity index (χ3v) is 4.40. The van der Waals surface area contributed by atoms with Gasteiger partial charge in [0.2, 0.25) is 0 Å². The molecule has 2 rings (SSSR count). The first kappa shape index (κ1) is 12.0. The molecule has 0 spiro atoms. The van der Waals surface area contributed by atoms with Crippen molar-refractivity contribution in [2.45, 2.75) is 38.6 Å². The van der Waals surface area contributed by atoms with Crippen molar-refractivity contribution in [3.63, 3.8) is 0 Å². The highest BCUT2D eigenvalue weighted by molar-refractivity contribution is 7.12. The van der Waals surface area contributed by atoms with Crippen molar-refractivity contribution in [3.05, 3.63) is 21.4 Å². The van der Waals surface area contributed by atoms with E-state index in [0.717, 1.165) is 6.61 Å². The Bertz CT molecular complexity index is 314. The van der Waals surface area contributed by atoms with Gasteiger partial charge in [-0.05, 0) is 44.2 Å². The van der Waals surface area contributed by atoms with Crippen LogP contribution in [0.3, 0.4) is 0 Å². The molecule has 1 unspecified atom stereocenters. The van der Waals surface area contributed by atoms with Crippen LogP contribution in [0.1, 0.15) is 41.1 Å². The fraction of sp³-hybridized carbons (Fsp3) is 0.667. The summed E-state index contributed by atoms with van der Waals surface area (Å²) in [4.78, 5) is 2.88. The van der Waals surface area contributed by atoms with E-state index < -0.39 is 0 Å². The molecule has 4 heteroatoms. The summed E-state index contributed by atoms with van der Waals surface area (Å²) in [6.45, 7) is 3.41. The summed E-state index contributed by atoms with van der Waals surface area (Å²) in [5.74, 6) is 5.58. The van der Waals surface area contributed by atoms with Crippen LogP contribution in [0.4, 0.5) is 0 Å². The van der Waals surface area contributed by atoms with E-state index in [9.17, 15) is 0 Å². The molecule has 1 aromatic heterocycles. The highest BCUT2D eigenvalue weighted by atomic mass is 32.1. The quantitative estimate of drug-likeness (QED) is 0.612. The number of nitrogens with two attached hydrogens (primary N) is 1. The predicted molar refractivity (Wildman–Crippen MR) is 67.5 cm³/mol. The summed E-state index contributed by atoms with van der Waals surface area (Å²) in [6, 6.07) is 2.46. The molecule has 0 saturated heterocycles. The molecule has 3 N–H and O–H groups in total. The molecule has 1 aliphatic rings. The number of nitrogens with one attached hydrogen (secondary N) is 1. The van der Waals surface area contributed by atoms with E-state index in [2.05, 4.69) is 11.5 Å². The smallest absolute Gasteiger partial charge is 0.0786 e. The van der Waals surface area contributed by atoms with Crippen molar-refractivity contribution in [2.24, 2.45) is 5.84 Å². The maximum atomic E-state index is 5.58. The summed E-state index contributed by atoms with van der Waals surface area (Å²) in [5.41, 5.74) is 4.38. The normalized spacial score (nSPS) is 17.1. The molecule has 16 heavy (non-hydrogen) atoms. The molecule has 1 aliphatic carbocycles. The van der Waals surface area contributed by atoms with Crippen molar-refractivity contribution in [3.8, 4) is 0 Å². The topological polar surface area (TPSA) is 47.3 Å². The van der Waals surface area contributed by atoms with E-state index in [1.807, 2.05) is 18.3 Å². The van der Waals surface area contributed by atoms with Gasteiger partial charge >= 0.3 is 0 Å². The second-order valence-corrected chi connectivity index (χ2v) is 5.35. The first-order valence-electron chi connectivity index (χ1n) is 6.00. The lowest BCUT2D eigenvalue weighted by atomic mass is 9.99. The van der Waals surface area contributed by atoms with Crippen molar-refractivity contribution < 1.29 is 4.74 Å². The van der Waals surface area contributed by atoms with Gasteiger partial charge in [0.25, 0.3) is 0 Å². The average molecular weight is 240 g/mol. The Balaban J connectivity index is 2.09. The number of fused-ring (bicyclic) bond motifs is 1. The first-order valence-corrected chi connectivity index (χ1v) is 6.82. The van der Waals surface area contributed by atoms with Crippen molar-refractivity contribution >= 4 is 11.3 Å². The van der Waals surface area contributed by atoms with Crippen LogP contribution in [-0.2, 0) is 17.6 Å². The number of rotatable bonds is 5. The van der Waals surface area contributed by atoms with E-state index in [-0.39, 0.29) is 6.04 Å². The number of hydrogen-bond acceptors (Lipinski definition) is 4. The molecule has 0 amide bonds. The van der Waals surface area contributed by atoms with Crippen LogP contribution < -0.4 is 11.3 Å². The summed E-state index contributed by atoms with van der Waals surface area (Å²) in [6.07, 6.45) is 5.14. The van der Waals surface area contributed by atoms with Crippen molar-refractivity contribution in [1.29, 1.82) is 0 Å². The van der Waals surface area contributed by atoms with Crippen LogP contribution in [0.2, 0.25) is 0 Å². The molecular formula is C12H20N2OS. The van der Waals surface area contributed by atoms with E-state index in [1.165, 1.54) is 36.1 Å². The fourth-order valence-corrected chi connectivity index (χ4v) is 3.44. The van der Waals surface area contributed by atoms with E-state index in [1.54, 1.807) is 4.88 Å². The largest absolute Gasteiger partial charge is 0.380 e. The van der Waals surface area contributed by atoms with Crippen LogP contribution in [0.5, 0.6) is 0 Å². The second kappa shape index (κ2) is 5.77. The molecule has 90 valence electrons. The molecule has 3 nitrogen and oxygen atoms in total. The van der Waals surface area contributed by atoms with Gasteiger partial charge in [-0.15, -0.1) is 11.3 Å². The molecule has 0 saturated carbocycles. The van der Waals surface area contributed by atoms with Gasteiger partial charge in [0.05, 0.1) is 12.6 Å². The lowest BCUT2D eigenvalue weighted by Gasteiger charge is -2.13. The van der Waals surface area contributed by atoms with Gasteiger partial charge in [-0.25, -0.2) is 5.43 Å². The third-order valence-electron chi connectivity index (χ3n) is 3.05. The molecule has 0 fully saturated rings. The van der Waals surface area contributed by atoms with Gasteiger partial charge in [-0.3, -0.25) is 5.84 Å². The van der Waals surface area contributed by atoms with Gasteiger partial charge in [-0.2, -0.15) is 0 Å². The molecule has 1 heterocycles. The minimum absolute atomic E-state index is 0.149. The Morgan fingerprint density at radius 2 is 2.31 bits per heavy atom. The Kier molecular flexibility index (Phi) is 4.35. The monoisotopic (exact) mass is 240 g/mol. The third kappa shape index (κ3) is 2.63. The molecule has 1 atom stereocenters. The molecular weight excluding hydrogens is 220 g/mol. The summed E-state index contributed by atoms with van der Waals surface area (Å²) in [7, 11) is 0. The van der Waals surface area contributed by atoms with Crippen molar-refractivity contribution in [1.82, 2.24) is 5.43 Å². The number of ether oxygens (including phenoxy) is 1. The van der Waals surface area contributed by atoms with Gasteiger partial charge in [0.1, 0.15) is 0 Å². The van der Waals surface area contributed by atoms with Gasteiger partial charge in [0.15, 0.2) is 0 Å². The van der Waals surface area contributed by atoms with Crippen LogP contribution >= 0.6 is 11.3 Å². The Morgan fingerprint density at radius 1 is 1.50 bits per heavy atom. The number of hydrazine groups is 1. The SMILES string of the molecule is CCOCC(NN)c1cc2c(s1)CCCC2. The van der Waals surface area contributed by atoms with Crippen LogP contribution in [0.15, 0.2) is 6.07 Å². The summed E-state index contributed by atoms with van der Waals surface area (Å²) >= 11 is 1.90. The zero-order valence-corrected chi connectivity index (χ0v) is 10.6. The second-order valence-electron chi connectivity index (χ2n) is 4.18. The molecule has 0 aliphatic heterocycles. The maximum absolute atomic E-state index is 5.58. The zero-order chi connectivity index (χ0) is 11.4. The van der Waals surface area contributed by atoms with Gasteiger partial charge in [-0.1, -0.05) is 0 Å². The number of hydrogen-bond donors (Lipinski definition) is 2. The summed E-state index contributed by atoms with van der Waals surface area (Å²) in [5, 5.41) is 0. The fourth-order valence-electron chi connectivity index (χ4n) is 2.13. The summed E-state index contributed by atoms with van der Waals surface area (Å²) < 4.78 is 5.44. The Labute approximate surface area is 101 Å². The van der Waals surface area contributed by atoms with Gasteiger partial charge < -0.3 is 4.74 Å². The van der Waals surface area contributed by atoms with Crippen LogP contribution in [0.25, 0.3) is 0 Å². The van der Waals surface area contributed by atoms with E-state index >= 15 is 0 Å². The predicted octanol–water partition coefficient (Wildman–Crippen LogP) is 2.17. The van der Waals surface area contributed by atoms with E-state index in [0.29, 0.717) is 6.61 Å². The lowest BCUT2D eigenvalue weighted by molar-refractivity contribution is 0.124. The standard InChI is InChI=1S/C12H20N2OS/c1-2-15-8-10(14-13)12-7-9-5-3-4-6-11(9)16-12/h7,10,14H,2-6,8,13H2,1H3. The van der Waals surface area contributed by atoms with E-state index in [4.69, 9.17) is 10.6 Å². The number of thiophene rings is 1. The number of aryl methyl sites for hydroxylation is 2. The minimum Gasteiger partial charge on any atom is -0.380 e. The lowest BCUT2D eigenvalue weighted by Crippen LogP contribution is -2.30. The molecule has 0 aromatic carbocycles. The minimum atomic E-state index is 0.149. The zero-order valence-electron chi connectivity index (χ0n) is 9.79. The van der Waals surface area contributed by atoms with Crippen molar-refractivity contribution in [2.75, 3.05) is 13.2 Å². The van der Waals surface area contributed by atoms with Crippen LogP contribution in [-0.4, -0.2) is 13.2 Å². The highest BCUT2D eigenvalue weighted by Gasteiger charge is 2.18. The molecule has 1 aromatic rings. The molecule has 0 radical (unpaired) electrons. The maximum Gasteiger partial charge on any atom is 0.0786 e.